The second-order valence-electron chi connectivity index (χ2n) is 2.07. The molecule has 0 fully saturated rings. The van der Waals surface area contributed by atoms with Crippen molar-refractivity contribution in [2.75, 3.05) is 5.43 Å². The van der Waals surface area contributed by atoms with Crippen LogP contribution in [-0.2, 0) is 0 Å². The average molecular weight is 209 g/mol. The Kier molecular flexibility index (Phi) is 2.99. The van der Waals surface area contributed by atoms with Crippen molar-refractivity contribution in [2.24, 2.45) is 5.84 Å². The van der Waals surface area contributed by atoms with Gasteiger partial charge in [0.05, 0.1) is 0 Å². The first kappa shape index (κ1) is 10.1. The number of pyridine rings is 1. The molecule has 1 rings (SSSR count). The number of aromatic nitrogens is 1. The normalized spacial score (nSPS) is 11.4. The van der Waals surface area contributed by atoms with Crippen LogP contribution < -0.4 is 11.3 Å². The van der Waals surface area contributed by atoms with Crippen LogP contribution in [0, 0.1) is 0 Å². The van der Waals surface area contributed by atoms with Gasteiger partial charge in [0.1, 0.15) is 5.82 Å². The number of halogens is 3. The summed E-state index contributed by atoms with van der Waals surface area (Å²) in [5.74, 6) is 5.18. The first-order chi connectivity index (χ1) is 6.01. The molecule has 0 amide bonds. The smallest absolute Gasteiger partial charge is 0.308 e. The summed E-state index contributed by atoms with van der Waals surface area (Å²) in [7, 11) is 0. The maximum Gasteiger partial charge on any atom is 0.446 e. The zero-order chi connectivity index (χ0) is 9.90. The van der Waals surface area contributed by atoms with Crippen molar-refractivity contribution >= 4 is 17.6 Å². The zero-order valence-electron chi connectivity index (χ0n) is 6.30. The molecule has 1 heterocycles. The Morgan fingerprint density at radius 1 is 1.46 bits per heavy atom. The molecular formula is C6H6F3N3S. The minimum atomic E-state index is -4.28. The third kappa shape index (κ3) is 3.51. The minimum Gasteiger partial charge on any atom is -0.308 e. The maximum absolute atomic E-state index is 11.9. The molecule has 1 aromatic heterocycles. The lowest BCUT2D eigenvalue weighted by molar-refractivity contribution is -0.0328. The van der Waals surface area contributed by atoms with Gasteiger partial charge in [-0.05, 0) is 23.9 Å². The first-order valence-corrected chi connectivity index (χ1v) is 4.01. The predicted molar refractivity (Wildman–Crippen MR) is 44.0 cm³/mol. The predicted octanol–water partition coefficient (Wildman–Crippen LogP) is 1.98. The molecule has 0 atom stereocenters. The third-order valence-corrected chi connectivity index (χ3v) is 1.83. The van der Waals surface area contributed by atoms with E-state index in [0.29, 0.717) is 0 Å². The van der Waals surface area contributed by atoms with Gasteiger partial charge in [-0.1, -0.05) is 0 Å². The Balaban J connectivity index is 2.78. The van der Waals surface area contributed by atoms with Gasteiger partial charge in [-0.2, -0.15) is 13.2 Å². The van der Waals surface area contributed by atoms with Crippen LogP contribution in [0.3, 0.4) is 0 Å². The van der Waals surface area contributed by atoms with E-state index in [1.807, 2.05) is 0 Å². The summed E-state index contributed by atoms with van der Waals surface area (Å²) in [5, 5.41) is 0. The maximum atomic E-state index is 11.9. The minimum absolute atomic E-state index is 0.0513. The Bertz CT molecular complexity index is 289. The Morgan fingerprint density at radius 3 is 2.69 bits per heavy atom. The van der Waals surface area contributed by atoms with Crippen LogP contribution in [0.1, 0.15) is 0 Å². The summed E-state index contributed by atoms with van der Waals surface area (Å²) in [5.41, 5.74) is -2.12. The highest BCUT2D eigenvalue weighted by atomic mass is 32.2. The van der Waals surface area contributed by atoms with E-state index in [-0.39, 0.29) is 22.5 Å². The second kappa shape index (κ2) is 3.84. The summed E-state index contributed by atoms with van der Waals surface area (Å²) in [6.07, 6.45) is 1.25. The van der Waals surface area contributed by atoms with Crippen molar-refractivity contribution in [1.82, 2.24) is 4.98 Å². The van der Waals surface area contributed by atoms with Crippen molar-refractivity contribution < 1.29 is 13.2 Å². The Hall–Kier alpha value is -0.950. The quantitative estimate of drug-likeness (QED) is 0.444. The van der Waals surface area contributed by atoms with Crippen molar-refractivity contribution in [3.05, 3.63) is 18.3 Å². The van der Waals surface area contributed by atoms with Gasteiger partial charge in [-0.3, -0.25) is 0 Å². The summed E-state index contributed by atoms with van der Waals surface area (Å²) in [4.78, 5) is 3.72. The van der Waals surface area contributed by atoms with Gasteiger partial charge in [0.15, 0.2) is 0 Å². The van der Waals surface area contributed by atoms with Crippen LogP contribution in [0.15, 0.2) is 23.2 Å². The SMILES string of the molecule is NNc1cc(SC(F)(F)F)ccn1. The second-order valence-corrected chi connectivity index (χ2v) is 3.21. The lowest BCUT2D eigenvalue weighted by Crippen LogP contribution is -2.08. The number of nitrogens with two attached hydrogens (primary N) is 1. The molecule has 0 saturated heterocycles. The standard InChI is InChI=1S/C6H6F3N3S/c7-6(8,9)13-4-1-2-11-5(3-4)12-10/h1-3H,10H2,(H,11,12). The van der Waals surface area contributed by atoms with Gasteiger partial charge in [0.2, 0.25) is 0 Å². The summed E-state index contributed by atoms with van der Waals surface area (Å²) in [6.45, 7) is 0. The molecule has 0 unspecified atom stereocenters. The van der Waals surface area contributed by atoms with Crippen LogP contribution in [0.4, 0.5) is 19.0 Å². The van der Waals surface area contributed by atoms with Crippen molar-refractivity contribution in [1.29, 1.82) is 0 Å². The monoisotopic (exact) mass is 209 g/mol. The fourth-order valence-corrected chi connectivity index (χ4v) is 1.25. The van der Waals surface area contributed by atoms with E-state index in [4.69, 9.17) is 5.84 Å². The highest BCUT2D eigenvalue weighted by Crippen LogP contribution is 2.36. The number of nitrogens with zero attached hydrogens (tertiary/aromatic N) is 1. The molecule has 0 saturated carbocycles. The first-order valence-electron chi connectivity index (χ1n) is 3.20. The number of hydrazine groups is 1. The molecule has 0 aromatic carbocycles. The molecule has 0 spiro atoms. The molecule has 0 aliphatic carbocycles. The van der Waals surface area contributed by atoms with Gasteiger partial charge in [-0.15, -0.1) is 0 Å². The van der Waals surface area contributed by atoms with Crippen LogP contribution in [-0.4, -0.2) is 10.5 Å². The van der Waals surface area contributed by atoms with Gasteiger partial charge >= 0.3 is 5.51 Å². The molecule has 1 aromatic rings. The fraction of sp³-hybridized carbons (Fsp3) is 0.167. The molecule has 0 aliphatic rings. The molecule has 13 heavy (non-hydrogen) atoms. The van der Waals surface area contributed by atoms with Crippen LogP contribution in [0.25, 0.3) is 0 Å². The largest absolute Gasteiger partial charge is 0.446 e. The molecular weight excluding hydrogens is 203 g/mol. The number of hydrogen-bond acceptors (Lipinski definition) is 4. The molecule has 3 N–H and O–H groups in total. The van der Waals surface area contributed by atoms with Crippen LogP contribution in [0.2, 0.25) is 0 Å². The summed E-state index contributed by atoms with van der Waals surface area (Å²) in [6, 6.07) is 2.48. The van der Waals surface area contributed by atoms with E-state index in [2.05, 4.69) is 10.4 Å². The average Bonchev–Trinajstić information content (AvgIpc) is 2.01. The highest BCUT2D eigenvalue weighted by Gasteiger charge is 2.29. The molecule has 0 aliphatic heterocycles. The topological polar surface area (TPSA) is 50.9 Å². The zero-order valence-corrected chi connectivity index (χ0v) is 7.12. The summed E-state index contributed by atoms with van der Waals surface area (Å²) >= 11 is -0.205. The Morgan fingerprint density at radius 2 is 2.15 bits per heavy atom. The van der Waals surface area contributed by atoms with E-state index >= 15 is 0 Å². The highest BCUT2D eigenvalue weighted by molar-refractivity contribution is 8.00. The molecule has 0 radical (unpaired) electrons. The number of hydrogen-bond donors (Lipinski definition) is 2. The molecule has 7 heteroatoms. The van der Waals surface area contributed by atoms with Crippen molar-refractivity contribution in [2.45, 2.75) is 10.4 Å². The van der Waals surface area contributed by atoms with Gasteiger partial charge in [0, 0.05) is 11.1 Å². The molecule has 3 nitrogen and oxygen atoms in total. The lowest BCUT2D eigenvalue weighted by Gasteiger charge is -2.05. The van der Waals surface area contributed by atoms with Gasteiger partial charge < -0.3 is 5.43 Å². The van der Waals surface area contributed by atoms with Crippen LogP contribution >= 0.6 is 11.8 Å². The number of rotatable bonds is 2. The lowest BCUT2D eigenvalue weighted by atomic mass is 10.5. The number of nitrogen functional groups attached to an aromatic ring is 1. The van der Waals surface area contributed by atoms with Gasteiger partial charge in [0.25, 0.3) is 0 Å². The van der Waals surface area contributed by atoms with Crippen molar-refractivity contribution in [3.63, 3.8) is 0 Å². The number of anilines is 1. The van der Waals surface area contributed by atoms with E-state index < -0.39 is 5.51 Å². The molecule has 0 bridgehead atoms. The third-order valence-electron chi connectivity index (χ3n) is 1.11. The van der Waals surface area contributed by atoms with Crippen molar-refractivity contribution in [3.8, 4) is 0 Å². The fourth-order valence-electron chi connectivity index (χ4n) is 0.687. The van der Waals surface area contributed by atoms with E-state index in [9.17, 15) is 13.2 Å². The van der Waals surface area contributed by atoms with E-state index in [0.717, 1.165) is 0 Å². The van der Waals surface area contributed by atoms with E-state index in [1.54, 1.807) is 0 Å². The number of nitrogens with one attached hydrogen (secondary N) is 1. The molecule has 72 valence electrons. The number of alkyl halides is 3. The number of thioether (sulfide) groups is 1. The van der Waals surface area contributed by atoms with Crippen LogP contribution in [0.5, 0.6) is 0 Å². The van der Waals surface area contributed by atoms with E-state index in [1.165, 1.54) is 18.3 Å². The Labute approximate surface area is 76.5 Å². The summed E-state index contributed by atoms with van der Waals surface area (Å²) < 4.78 is 35.6. The van der Waals surface area contributed by atoms with Gasteiger partial charge in [-0.25, -0.2) is 10.8 Å².